The largest absolute Gasteiger partial charge is 0.422 e. The number of ether oxygens (including phenoxy) is 2. The number of anilines is 1. The molecule has 42 heavy (non-hydrogen) atoms. The molecular formula is C34H49N3O5. The number of carbonyl (C=O) groups is 2. The maximum atomic E-state index is 13.4. The third kappa shape index (κ3) is 9.58. The molecule has 0 radical (unpaired) electrons. The van der Waals surface area contributed by atoms with E-state index in [2.05, 4.69) is 45.0 Å². The van der Waals surface area contributed by atoms with Gasteiger partial charge in [-0.15, -0.1) is 0 Å². The molecule has 1 heterocycles. The number of benzene rings is 2. The van der Waals surface area contributed by atoms with Gasteiger partial charge in [0.25, 0.3) is 5.79 Å². The van der Waals surface area contributed by atoms with Gasteiger partial charge in [0.05, 0.1) is 11.3 Å². The van der Waals surface area contributed by atoms with Gasteiger partial charge < -0.3 is 24.4 Å². The Morgan fingerprint density at radius 1 is 0.952 bits per heavy atom. The first-order valence-corrected chi connectivity index (χ1v) is 14.9. The number of carbonyl (C=O) groups excluding carboxylic acids is 2. The van der Waals surface area contributed by atoms with Crippen LogP contribution in [0.25, 0.3) is 0 Å². The van der Waals surface area contributed by atoms with Gasteiger partial charge in [-0.1, -0.05) is 38.1 Å². The Morgan fingerprint density at radius 2 is 1.50 bits per heavy atom. The average Bonchev–Trinajstić information content (AvgIpc) is 2.85. The number of hydrogen-bond acceptors (Lipinski definition) is 7. The number of amidine groups is 1. The van der Waals surface area contributed by atoms with Gasteiger partial charge in [0, 0.05) is 46.2 Å². The number of hydrogen-bond donors (Lipinski definition) is 1. The van der Waals surface area contributed by atoms with Crippen LogP contribution in [0, 0.1) is 11.8 Å². The molecule has 8 heteroatoms. The normalized spacial score (nSPS) is 16.7. The van der Waals surface area contributed by atoms with Crippen LogP contribution in [-0.2, 0) is 32.0 Å². The number of rotatable bonds is 12. The van der Waals surface area contributed by atoms with Crippen molar-refractivity contribution in [2.24, 2.45) is 16.8 Å². The smallest absolute Gasteiger partial charge is 0.331 e. The predicted molar refractivity (Wildman–Crippen MR) is 168 cm³/mol. The van der Waals surface area contributed by atoms with Crippen molar-refractivity contribution < 1.29 is 24.2 Å². The molecule has 8 nitrogen and oxygen atoms in total. The summed E-state index contributed by atoms with van der Waals surface area (Å²) in [6.07, 6.45) is 3.08. The van der Waals surface area contributed by atoms with E-state index in [1.54, 1.807) is 27.7 Å². The Balaban J connectivity index is 2.08. The fraction of sp³-hybridized carbons (Fsp3) is 0.559. The van der Waals surface area contributed by atoms with Gasteiger partial charge in [0.15, 0.2) is 0 Å². The summed E-state index contributed by atoms with van der Waals surface area (Å²) in [5.74, 6) is -3.20. The first-order valence-electron chi connectivity index (χ1n) is 14.9. The molecule has 2 aromatic carbocycles. The Morgan fingerprint density at radius 3 is 2.00 bits per heavy atom. The molecule has 1 aliphatic heterocycles. The summed E-state index contributed by atoms with van der Waals surface area (Å²) in [6.45, 7) is 13.6. The van der Waals surface area contributed by atoms with E-state index in [1.165, 1.54) is 5.56 Å². The quantitative estimate of drug-likeness (QED) is 0.137. The molecule has 0 bridgehead atoms. The lowest BCUT2D eigenvalue weighted by Gasteiger charge is -2.39. The van der Waals surface area contributed by atoms with Crippen molar-refractivity contribution >= 4 is 29.1 Å². The minimum absolute atomic E-state index is 0.113. The van der Waals surface area contributed by atoms with Crippen LogP contribution in [0.3, 0.4) is 0 Å². The summed E-state index contributed by atoms with van der Waals surface area (Å²) in [4.78, 5) is 35.7. The molecule has 0 amide bonds. The highest BCUT2D eigenvalue weighted by molar-refractivity contribution is 6.17. The molecule has 230 valence electrons. The van der Waals surface area contributed by atoms with Gasteiger partial charge in [0.1, 0.15) is 5.84 Å². The molecule has 2 aromatic rings. The van der Waals surface area contributed by atoms with E-state index in [0.717, 1.165) is 30.5 Å². The van der Waals surface area contributed by atoms with Gasteiger partial charge in [0.2, 0.25) is 5.92 Å². The SMILES string of the molecule is CC(C)Cc1ccc(CN(C(=Nc2ccc(N(C)C)cc2)C2C(=O)OC(C)(C)OC2=O)C(C)CCCC(C)(C)O)cc1. The summed E-state index contributed by atoms with van der Waals surface area (Å²) >= 11 is 0. The molecule has 0 spiro atoms. The first kappa shape index (κ1) is 33.1. The van der Waals surface area contributed by atoms with Crippen molar-refractivity contribution in [3.63, 3.8) is 0 Å². The molecule has 0 saturated carbocycles. The highest BCUT2D eigenvalue weighted by Crippen LogP contribution is 2.30. The molecule has 1 fully saturated rings. The topological polar surface area (TPSA) is 91.7 Å². The molecule has 1 unspecified atom stereocenters. The second-order valence-corrected chi connectivity index (χ2v) is 13.2. The molecule has 1 atom stereocenters. The maximum Gasteiger partial charge on any atom is 0.331 e. The van der Waals surface area contributed by atoms with E-state index in [-0.39, 0.29) is 6.04 Å². The molecule has 1 aliphatic rings. The first-order chi connectivity index (χ1) is 19.5. The van der Waals surface area contributed by atoms with E-state index in [9.17, 15) is 14.7 Å². The fourth-order valence-electron chi connectivity index (χ4n) is 5.08. The summed E-state index contributed by atoms with van der Waals surface area (Å²) in [5.41, 5.74) is 3.12. The third-order valence-corrected chi connectivity index (χ3v) is 7.29. The van der Waals surface area contributed by atoms with Crippen molar-refractivity contribution in [3.8, 4) is 0 Å². The van der Waals surface area contributed by atoms with Gasteiger partial charge in [-0.05, 0) is 87.8 Å². The van der Waals surface area contributed by atoms with E-state index in [1.807, 2.05) is 48.2 Å². The minimum atomic E-state index is -1.35. The Bertz CT molecular complexity index is 1210. The van der Waals surface area contributed by atoms with Crippen molar-refractivity contribution in [1.29, 1.82) is 0 Å². The lowest BCUT2D eigenvalue weighted by molar-refractivity contribution is -0.236. The maximum absolute atomic E-state index is 13.4. The van der Waals surface area contributed by atoms with Gasteiger partial charge >= 0.3 is 11.9 Å². The molecule has 0 aromatic heterocycles. The highest BCUT2D eigenvalue weighted by atomic mass is 16.7. The van der Waals surface area contributed by atoms with Crippen LogP contribution in [0.4, 0.5) is 11.4 Å². The van der Waals surface area contributed by atoms with Gasteiger partial charge in [-0.2, -0.15) is 0 Å². The van der Waals surface area contributed by atoms with Crippen LogP contribution in [0.1, 0.15) is 78.9 Å². The summed E-state index contributed by atoms with van der Waals surface area (Å²) in [6, 6.07) is 16.0. The van der Waals surface area contributed by atoms with E-state index < -0.39 is 29.2 Å². The molecule has 1 saturated heterocycles. The number of aliphatic hydroxyl groups is 1. The number of aliphatic imine (C=N–C) groups is 1. The summed E-state index contributed by atoms with van der Waals surface area (Å²) in [7, 11) is 3.92. The van der Waals surface area contributed by atoms with Crippen LogP contribution >= 0.6 is 0 Å². The Labute approximate surface area is 251 Å². The van der Waals surface area contributed by atoms with E-state index >= 15 is 0 Å². The summed E-state index contributed by atoms with van der Waals surface area (Å²) in [5, 5.41) is 10.3. The zero-order valence-corrected chi connectivity index (χ0v) is 26.8. The fourth-order valence-corrected chi connectivity index (χ4v) is 5.08. The Kier molecular flexibility index (Phi) is 10.8. The third-order valence-electron chi connectivity index (χ3n) is 7.29. The van der Waals surface area contributed by atoms with Crippen molar-refractivity contribution in [2.45, 2.75) is 98.1 Å². The van der Waals surface area contributed by atoms with Gasteiger partial charge in [-0.25, -0.2) is 4.99 Å². The minimum Gasteiger partial charge on any atom is -0.422 e. The zero-order valence-electron chi connectivity index (χ0n) is 26.8. The number of cyclic esters (lactones) is 2. The van der Waals surface area contributed by atoms with Crippen LogP contribution < -0.4 is 4.90 Å². The lowest BCUT2D eigenvalue weighted by Crippen LogP contribution is -2.54. The van der Waals surface area contributed by atoms with Crippen LogP contribution in [0.5, 0.6) is 0 Å². The second kappa shape index (κ2) is 13.7. The average molecular weight is 580 g/mol. The molecule has 1 N–H and O–H groups in total. The van der Waals surface area contributed by atoms with Crippen molar-refractivity contribution in [3.05, 3.63) is 59.7 Å². The molecule has 0 aliphatic carbocycles. The van der Waals surface area contributed by atoms with Crippen LogP contribution in [0.2, 0.25) is 0 Å². The van der Waals surface area contributed by atoms with Crippen LogP contribution in [0.15, 0.2) is 53.5 Å². The summed E-state index contributed by atoms with van der Waals surface area (Å²) < 4.78 is 11.1. The monoisotopic (exact) mass is 579 g/mol. The van der Waals surface area contributed by atoms with Gasteiger partial charge in [-0.3, -0.25) is 9.59 Å². The van der Waals surface area contributed by atoms with Crippen LogP contribution in [-0.4, -0.2) is 59.3 Å². The standard InChI is InChI=1S/C34H49N3O5/c1-23(2)21-25-12-14-26(15-13-25)22-37(24(3)11-10-20-33(4,5)40)30(29-31(38)41-34(6,7)42-32(29)39)35-27-16-18-28(19-17-27)36(8)9/h12-19,23-24,29,40H,10-11,20-22H2,1-9H3. The zero-order chi connectivity index (χ0) is 31.2. The molecular weight excluding hydrogens is 530 g/mol. The Hall–Kier alpha value is -3.39. The highest BCUT2D eigenvalue weighted by Gasteiger charge is 2.48. The predicted octanol–water partition coefficient (Wildman–Crippen LogP) is 6.27. The van der Waals surface area contributed by atoms with E-state index in [4.69, 9.17) is 14.5 Å². The molecule has 3 rings (SSSR count). The van der Waals surface area contributed by atoms with Crippen molar-refractivity contribution in [1.82, 2.24) is 4.90 Å². The second-order valence-electron chi connectivity index (χ2n) is 13.2. The number of esters is 2. The van der Waals surface area contributed by atoms with E-state index in [0.29, 0.717) is 30.4 Å². The number of nitrogens with zero attached hydrogens (tertiary/aromatic N) is 3. The van der Waals surface area contributed by atoms with Crippen molar-refractivity contribution in [2.75, 3.05) is 19.0 Å². The lowest BCUT2D eigenvalue weighted by atomic mass is 9.97.